The fourth-order valence-corrected chi connectivity index (χ4v) is 5.29. The van der Waals surface area contributed by atoms with Gasteiger partial charge < -0.3 is 15.1 Å². The first-order valence-electron chi connectivity index (χ1n) is 10.0. The molecule has 1 aliphatic heterocycles. The number of nitrogens with one attached hydrogen (secondary N) is 1. The Kier molecular flexibility index (Phi) is 5.51. The van der Waals surface area contributed by atoms with Crippen LogP contribution in [0.2, 0.25) is 0 Å². The summed E-state index contributed by atoms with van der Waals surface area (Å²) >= 11 is 1.59. The maximum Gasteiger partial charge on any atom is 0.257 e. The lowest BCUT2D eigenvalue weighted by Crippen LogP contribution is -2.47. The zero-order chi connectivity index (χ0) is 19.7. The third-order valence-electron chi connectivity index (χ3n) is 5.68. The SMILES string of the molecule is Cc1cccc(C(=O)Nc2sc3c(c2C(=O)N2CCN(C)CC2)CCCC3)c1. The van der Waals surface area contributed by atoms with Gasteiger partial charge in [-0.15, -0.1) is 11.3 Å². The first kappa shape index (κ1) is 19.2. The number of carbonyl (C=O) groups is 2. The number of amides is 2. The number of hydrogen-bond acceptors (Lipinski definition) is 4. The zero-order valence-corrected chi connectivity index (χ0v) is 17.4. The van der Waals surface area contributed by atoms with E-state index in [-0.39, 0.29) is 11.8 Å². The normalized spacial score (nSPS) is 17.3. The number of rotatable bonds is 3. The molecule has 0 spiro atoms. The molecule has 0 unspecified atom stereocenters. The highest BCUT2D eigenvalue weighted by molar-refractivity contribution is 7.17. The second kappa shape index (κ2) is 8.05. The first-order chi connectivity index (χ1) is 13.5. The topological polar surface area (TPSA) is 52.7 Å². The Hall–Kier alpha value is -2.18. The number of hydrogen-bond donors (Lipinski definition) is 1. The molecular formula is C22H27N3O2S. The lowest BCUT2D eigenvalue weighted by molar-refractivity contribution is 0.0664. The number of fused-ring (bicyclic) bond motifs is 1. The number of piperazine rings is 1. The van der Waals surface area contributed by atoms with Crippen molar-refractivity contribution in [2.45, 2.75) is 32.6 Å². The van der Waals surface area contributed by atoms with Crippen molar-refractivity contribution < 1.29 is 9.59 Å². The Morgan fingerprint density at radius 1 is 1.07 bits per heavy atom. The molecule has 2 amide bonds. The average Bonchev–Trinajstić information content (AvgIpc) is 3.05. The number of benzene rings is 1. The summed E-state index contributed by atoms with van der Waals surface area (Å²) in [6.07, 6.45) is 4.20. The van der Waals surface area contributed by atoms with Gasteiger partial charge in [0.1, 0.15) is 5.00 Å². The molecule has 1 N–H and O–H groups in total. The standard InChI is InChI=1S/C22H27N3O2S/c1-15-6-5-7-16(14-15)20(26)23-21-19(17-8-3-4-9-18(17)28-21)22(27)25-12-10-24(2)11-13-25/h5-7,14H,3-4,8-13H2,1-2H3,(H,23,26). The summed E-state index contributed by atoms with van der Waals surface area (Å²) in [5.74, 6) is -0.0678. The van der Waals surface area contributed by atoms with E-state index in [9.17, 15) is 9.59 Å². The summed E-state index contributed by atoms with van der Waals surface area (Å²) < 4.78 is 0. The summed E-state index contributed by atoms with van der Waals surface area (Å²) in [5, 5.41) is 3.79. The van der Waals surface area contributed by atoms with Gasteiger partial charge in [0.25, 0.3) is 11.8 Å². The minimum absolute atomic E-state index is 0.0760. The highest BCUT2D eigenvalue weighted by atomic mass is 32.1. The fraction of sp³-hybridized carbons (Fsp3) is 0.455. The van der Waals surface area contributed by atoms with Crippen LogP contribution >= 0.6 is 11.3 Å². The number of likely N-dealkylation sites (N-methyl/N-ethyl adjacent to an activating group) is 1. The van der Waals surface area contributed by atoms with Gasteiger partial charge in [0.15, 0.2) is 0 Å². The van der Waals surface area contributed by atoms with Gasteiger partial charge in [0, 0.05) is 36.6 Å². The van der Waals surface area contributed by atoms with Crippen LogP contribution in [0.3, 0.4) is 0 Å². The second-order valence-electron chi connectivity index (χ2n) is 7.83. The van der Waals surface area contributed by atoms with Gasteiger partial charge >= 0.3 is 0 Å². The Morgan fingerprint density at radius 3 is 2.57 bits per heavy atom. The van der Waals surface area contributed by atoms with E-state index < -0.39 is 0 Å². The van der Waals surface area contributed by atoms with Crippen LogP contribution in [0.5, 0.6) is 0 Å². The number of aryl methyl sites for hydroxylation is 2. The minimum atomic E-state index is -0.144. The minimum Gasteiger partial charge on any atom is -0.336 e. The Balaban J connectivity index is 1.64. The van der Waals surface area contributed by atoms with E-state index >= 15 is 0 Å². The maximum absolute atomic E-state index is 13.4. The molecule has 2 aromatic rings. The quantitative estimate of drug-likeness (QED) is 0.861. The van der Waals surface area contributed by atoms with E-state index in [2.05, 4.69) is 17.3 Å². The largest absolute Gasteiger partial charge is 0.336 e. The fourth-order valence-electron chi connectivity index (χ4n) is 4.01. The van der Waals surface area contributed by atoms with Crippen LogP contribution in [-0.2, 0) is 12.8 Å². The summed E-state index contributed by atoms with van der Waals surface area (Å²) in [7, 11) is 2.09. The molecule has 0 bridgehead atoms. The summed E-state index contributed by atoms with van der Waals surface area (Å²) in [6, 6.07) is 7.56. The van der Waals surface area contributed by atoms with Crippen molar-refractivity contribution in [3.8, 4) is 0 Å². The molecule has 1 saturated heterocycles. The lowest BCUT2D eigenvalue weighted by Gasteiger charge is -2.33. The molecule has 1 fully saturated rings. The van der Waals surface area contributed by atoms with E-state index in [1.807, 2.05) is 36.1 Å². The number of thiophene rings is 1. The van der Waals surface area contributed by atoms with E-state index in [1.54, 1.807) is 11.3 Å². The third-order valence-corrected chi connectivity index (χ3v) is 6.89. The van der Waals surface area contributed by atoms with Crippen LogP contribution < -0.4 is 5.32 Å². The van der Waals surface area contributed by atoms with Crippen LogP contribution in [0.15, 0.2) is 24.3 Å². The van der Waals surface area contributed by atoms with Gasteiger partial charge in [0.2, 0.25) is 0 Å². The smallest absolute Gasteiger partial charge is 0.257 e. The summed E-state index contributed by atoms with van der Waals surface area (Å²) in [5.41, 5.74) is 3.58. The molecule has 1 aromatic carbocycles. The van der Waals surface area contributed by atoms with Crippen molar-refractivity contribution in [3.63, 3.8) is 0 Å². The van der Waals surface area contributed by atoms with Gasteiger partial charge in [-0.3, -0.25) is 9.59 Å². The summed E-state index contributed by atoms with van der Waals surface area (Å²) in [6.45, 7) is 5.24. The van der Waals surface area contributed by atoms with Crippen molar-refractivity contribution in [2.24, 2.45) is 0 Å². The molecule has 2 heterocycles. The van der Waals surface area contributed by atoms with Gasteiger partial charge in [-0.05, 0) is 57.4 Å². The van der Waals surface area contributed by atoms with Gasteiger partial charge in [-0.1, -0.05) is 17.7 Å². The molecule has 2 aliphatic rings. The number of nitrogens with zero attached hydrogens (tertiary/aromatic N) is 2. The molecule has 0 saturated carbocycles. The van der Waals surface area contributed by atoms with E-state index in [4.69, 9.17) is 0 Å². The van der Waals surface area contributed by atoms with Crippen LogP contribution in [0.25, 0.3) is 0 Å². The van der Waals surface area contributed by atoms with E-state index in [1.165, 1.54) is 10.4 Å². The van der Waals surface area contributed by atoms with Crippen molar-refractivity contribution in [1.29, 1.82) is 0 Å². The molecule has 0 atom stereocenters. The number of carbonyl (C=O) groups excluding carboxylic acids is 2. The predicted molar refractivity (Wildman–Crippen MR) is 113 cm³/mol. The van der Waals surface area contributed by atoms with Crippen molar-refractivity contribution in [3.05, 3.63) is 51.4 Å². The van der Waals surface area contributed by atoms with Crippen LogP contribution in [0.1, 0.15) is 49.6 Å². The lowest BCUT2D eigenvalue weighted by atomic mass is 9.95. The molecule has 28 heavy (non-hydrogen) atoms. The summed E-state index contributed by atoms with van der Waals surface area (Å²) in [4.78, 5) is 31.7. The molecule has 1 aromatic heterocycles. The molecule has 1 aliphatic carbocycles. The molecule has 148 valence electrons. The van der Waals surface area contributed by atoms with E-state index in [0.29, 0.717) is 5.56 Å². The molecule has 0 radical (unpaired) electrons. The average molecular weight is 398 g/mol. The molecule has 4 rings (SSSR count). The Morgan fingerprint density at radius 2 is 1.82 bits per heavy atom. The van der Waals surface area contributed by atoms with Crippen molar-refractivity contribution >= 4 is 28.2 Å². The number of anilines is 1. The van der Waals surface area contributed by atoms with Crippen molar-refractivity contribution in [2.75, 3.05) is 38.5 Å². The Labute approximate surface area is 170 Å². The third kappa shape index (κ3) is 3.84. The van der Waals surface area contributed by atoms with Gasteiger partial charge in [-0.2, -0.15) is 0 Å². The van der Waals surface area contributed by atoms with Crippen LogP contribution in [0.4, 0.5) is 5.00 Å². The highest BCUT2D eigenvalue weighted by Crippen LogP contribution is 2.39. The van der Waals surface area contributed by atoms with Crippen LogP contribution in [0, 0.1) is 6.92 Å². The molecule has 5 nitrogen and oxygen atoms in total. The first-order valence-corrected chi connectivity index (χ1v) is 10.8. The van der Waals surface area contributed by atoms with E-state index in [0.717, 1.165) is 68.0 Å². The molecular weight excluding hydrogens is 370 g/mol. The maximum atomic E-state index is 13.4. The molecule has 6 heteroatoms. The second-order valence-corrected chi connectivity index (χ2v) is 8.94. The zero-order valence-electron chi connectivity index (χ0n) is 16.6. The van der Waals surface area contributed by atoms with Gasteiger partial charge in [0.05, 0.1) is 5.56 Å². The van der Waals surface area contributed by atoms with Crippen LogP contribution in [-0.4, -0.2) is 54.8 Å². The van der Waals surface area contributed by atoms with Crippen molar-refractivity contribution in [1.82, 2.24) is 9.80 Å². The van der Waals surface area contributed by atoms with Gasteiger partial charge in [-0.25, -0.2) is 0 Å². The predicted octanol–water partition coefficient (Wildman–Crippen LogP) is 3.58. The Bertz CT molecular complexity index is 897. The monoisotopic (exact) mass is 397 g/mol. The highest BCUT2D eigenvalue weighted by Gasteiger charge is 2.30.